The maximum atomic E-state index is 11.3. The molecule has 26 heavy (non-hydrogen) atoms. The molecule has 0 N–H and O–H groups in total. The van der Waals surface area contributed by atoms with E-state index in [1.165, 1.54) is 0 Å². The summed E-state index contributed by atoms with van der Waals surface area (Å²) in [4.78, 5) is 10.9. The van der Waals surface area contributed by atoms with Gasteiger partial charge in [0.1, 0.15) is 23.5 Å². The molecule has 2 aromatic rings. The molecule has 0 saturated heterocycles. The third kappa shape index (κ3) is 3.26. The predicted octanol–water partition coefficient (Wildman–Crippen LogP) is 3.56. The Hall–Kier alpha value is -3.64. The molecule has 0 saturated carbocycles. The van der Waals surface area contributed by atoms with Crippen LogP contribution >= 0.6 is 0 Å². The van der Waals surface area contributed by atoms with E-state index in [4.69, 9.17) is 4.74 Å². The highest BCUT2D eigenvalue weighted by Crippen LogP contribution is 2.44. The molecule has 6 heteroatoms. The van der Waals surface area contributed by atoms with Gasteiger partial charge in [-0.1, -0.05) is 48.5 Å². The number of allylic oxidation sites excluding steroid dienone is 1. The highest BCUT2D eigenvalue weighted by molar-refractivity contribution is 5.81. The minimum atomic E-state index is -0.508. The van der Waals surface area contributed by atoms with Gasteiger partial charge in [0, 0.05) is 16.4 Å². The van der Waals surface area contributed by atoms with Crippen LogP contribution < -0.4 is 4.74 Å². The molecule has 0 amide bonds. The van der Waals surface area contributed by atoms with E-state index in [0.717, 1.165) is 5.56 Å². The average Bonchev–Trinajstić information content (AvgIpc) is 2.68. The summed E-state index contributed by atoms with van der Waals surface area (Å²) in [5.41, 5.74) is 1.92. The van der Waals surface area contributed by atoms with Crippen molar-refractivity contribution in [3.05, 3.63) is 81.4 Å². The Morgan fingerprint density at radius 3 is 2.46 bits per heavy atom. The smallest absolute Gasteiger partial charge is 0.211 e. The lowest BCUT2D eigenvalue weighted by Gasteiger charge is -2.32. The van der Waals surface area contributed by atoms with Crippen LogP contribution in [0.2, 0.25) is 0 Å². The molecule has 2 aromatic carbocycles. The van der Waals surface area contributed by atoms with Crippen molar-refractivity contribution in [2.75, 3.05) is 13.2 Å². The summed E-state index contributed by atoms with van der Waals surface area (Å²) < 4.78 is 5.81. The zero-order chi connectivity index (χ0) is 18.5. The highest BCUT2D eigenvalue weighted by atomic mass is 16.6. The van der Waals surface area contributed by atoms with Gasteiger partial charge >= 0.3 is 0 Å². The SMILES string of the molecule is N#CC(C#N)=C1c2ccccc2OC[C@H]1C(C[N+](=O)[O-])c1ccccc1. The molecule has 1 unspecified atom stereocenters. The molecule has 0 aliphatic carbocycles. The molecule has 6 nitrogen and oxygen atoms in total. The first-order valence-electron chi connectivity index (χ1n) is 8.09. The number of rotatable bonds is 4. The molecule has 2 atom stereocenters. The van der Waals surface area contributed by atoms with Gasteiger partial charge in [0.2, 0.25) is 6.54 Å². The van der Waals surface area contributed by atoms with E-state index in [9.17, 15) is 20.6 Å². The molecular formula is C20H15N3O3. The summed E-state index contributed by atoms with van der Waals surface area (Å²) in [5.74, 6) is -0.395. The Morgan fingerprint density at radius 2 is 1.81 bits per heavy atom. The Morgan fingerprint density at radius 1 is 1.15 bits per heavy atom. The van der Waals surface area contributed by atoms with Crippen molar-refractivity contribution in [3.63, 3.8) is 0 Å². The lowest BCUT2D eigenvalue weighted by Crippen LogP contribution is -2.30. The van der Waals surface area contributed by atoms with Crippen LogP contribution in [0.25, 0.3) is 5.57 Å². The van der Waals surface area contributed by atoms with Crippen molar-refractivity contribution in [1.29, 1.82) is 10.5 Å². The van der Waals surface area contributed by atoms with Crippen molar-refractivity contribution < 1.29 is 9.66 Å². The van der Waals surface area contributed by atoms with E-state index in [0.29, 0.717) is 16.9 Å². The predicted molar refractivity (Wildman–Crippen MR) is 94.6 cm³/mol. The van der Waals surface area contributed by atoms with Crippen molar-refractivity contribution in [2.45, 2.75) is 5.92 Å². The van der Waals surface area contributed by atoms with Gasteiger partial charge in [-0.2, -0.15) is 10.5 Å². The Balaban J connectivity index is 2.18. The quantitative estimate of drug-likeness (QED) is 0.479. The standard InChI is InChI=1S/C20H15N3O3/c21-10-15(11-22)20-16-8-4-5-9-19(16)26-13-18(20)17(12-23(24)25)14-6-2-1-3-7-14/h1-9,17-18H,12-13H2/t17?,18-/m0/s1. The third-order valence-corrected chi connectivity index (χ3v) is 4.52. The van der Waals surface area contributed by atoms with Crippen LogP contribution in [0.1, 0.15) is 17.0 Å². The molecule has 1 heterocycles. The summed E-state index contributed by atoms with van der Waals surface area (Å²) in [7, 11) is 0. The van der Waals surface area contributed by atoms with E-state index in [2.05, 4.69) is 0 Å². The van der Waals surface area contributed by atoms with Crippen molar-refractivity contribution in [3.8, 4) is 17.9 Å². The van der Waals surface area contributed by atoms with E-state index in [1.807, 2.05) is 42.5 Å². The minimum absolute atomic E-state index is 0.0324. The largest absolute Gasteiger partial charge is 0.492 e. The van der Waals surface area contributed by atoms with Crippen LogP contribution in [0.15, 0.2) is 60.2 Å². The second-order valence-corrected chi connectivity index (χ2v) is 5.96. The number of benzene rings is 2. The zero-order valence-corrected chi connectivity index (χ0v) is 13.8. The summed E-state index contributed by atoms with van der Waals surface area (Å²) in [6, 6.07) is 20.2. The first kappa shape index (κ1) is 17.2. The molecular weight excluding hydrogens is 330 g/mol. The van der Waals surface area contributed by atoms with E-state index < -0.39 is 11.8 Å². The minimum Gasteiger partial charge on any atom is -0.492 e. The number of nitriles is 2. The Kier molecular flexibility index (Phi) is 4.96. The number of nitrogens with zero attached hydrogens (tertiary/aromatic N) is 3. The van der Waals surface area contributed by atoms with Gasteiger partial charge in [0.05, 0.1) is 12.5 Å². The number of ether oxygens (including phenoxy) is 1. The molecule has 0 spiro atoms. The van der Waals surface area contributed by atoms with Gasteiger partial charge < -0.3 is 4.74 Å². The normalized spacial score (nSPS) is 16.4. The van der Waals surface area contributed by atoms with Crippen LogP contribution in [0.5, 0.6) is 5.75 Å². The number of hydrogen-bond donors (Lipinski definition) is 0. The van der Waals surface area contributed by atoms with Gasteiger partial charge in [-0.3, -0.25) is 10.1 Å². The molecule has 0 aromatic heterocycles. The monoisotopic (exact) mass is 345 g/mol. The van der Waals surface area contributed by atoms with Gasteiger partial charge in [-0.25, -0.2) is 0 Å². The van der Waals surface area contributed by atoms with Crippen molar-refractivity contribution >= 4 is 5.57 Å². The van der Waals surface area contributed by atoms with E-state index >= 15 is 0 Å². The number of fused-ring (bicyclic) bond motifs is 1. The number of nitro groups is 1. The maximum Gasteiger partial charge on any atom is 0.211 e. The van der Waals surface area contributed by atoms with Crippen LogP contribution in [-0.2, 0) is 0 Å². The molecule has 128 valence electrons. The van der Waals surface area contributed by atoms with Gasteiger partial charge in [-0.15, -0.1) is 0 Å². The maximum absolute atomic E-state index is 11.3. The molecule has 0 bridgehead atoms. The van der Waals surface area contributed by atoms with Crippen molar-refractivity contribution in [2.24, 2.45) is 5.92 Å². The third-order valence-electron chi connectivity index (χ3n) is 4.52. The summed E-state index contributed by atoms with van der Waals surface area (Å²) in [5, 5.41) is 30.2. The molecule has 0 fully saturated rings. The summed E-state index contributed by atoms with van der Waals surface area (Å²) in [6.45, 7) is -0.138. The lowest BCUT2D eigenvalue weighted by atomic mass is 9.76. The first-order chi connectivity index (χ1) is 12.7. The summed E-state index contributed by atoms with van der Waals surface area (Å²) in [6.07, 6.45) is 0. The van der Waals surface area contributed by atoms with E-state index in [-0.39, 0.29) is 23.6 Å². The molecule has 1 aliphatic rings. The van der Waals surface area contributed by atoms with E-state index in [1.54, 1.807) is 24.3 Å². The highest BCUT2D eigenvalue weighted by Gasteiger charge is 2.37. The fourth-order valence-electron chi connectivity index (χ4n) is 3.39. The lowest BCUT2D eigenvalue weighted by molar-refractivity contribution is -0.484. The summed E-state index contributed by atoms with van der Waals surface area (Å²) >= 11 is 0. The molecule has 1 aliphatic heterocycles. The average molecular weight is 345 g/mol. The Labute approximate surface area is 150 Å². The molecule has 3 rings (SSSR count). The first-order valence-corrected chi connectivity index (χ1v) is 8.09. The second kappa shape index (κ2) is 7.50. The van der Waals surface area contributed by atoms with Crippen LogP contribution in [0.4, 0.5) is 0 Å². The van der Waals surface area contributed by atoms with Crippen molar-refractivity contribution in [1.82, 2.24) is 0 Å². The number of para-hydroxylation sites is 1. The second-order valence-electron chi connectivity index (χ2n) is 5.96. The van der Waals surface area contributed by atoms with Gasteiger partial charge in [0.15, 0.2) is 0 Å². The zero-order valence-electron chi connectivity index (χ0n) is 13.8. The van der Waals surface area contributed by atoms with Crippen LogP contribution in [0.3, 0.4) is 0 Å². The molecule has 0 radical (unpaired) electrons. The van der Waals surface area contributed by atoms with Crippen LogP contribution in [-0.4, -0.2) is 18.1 Å². The fraction of sp³-hybridized carbons (Fsp3) is 0.200. The fourth-order valence-corrected chi connectivity index (χ4v) is 3.39. The number of hydrogen-bond acceptors (Lipinski definition) is 5. The topological polar surface area (TPSA) is 100.0 Å². The van der Waals surface area contributed by atoms with Crippen LogP contribution in [0, 0.1) is 38.7 Å². The van der Waals surface area contributed by atoms with Gasteiger partial charge in [0.25, 0.3) is 0 Å². The Bertz CT molecular complexity index is 923. The van der Waals surface area contributed by atoms with Gasteiger partial charge in [-0.05, 0) is 17.2 Å².